The van der Waals surface area contributed by atoms with Crippen LogP contribution in [0.3, 0.4) is 0 Å². The molecule has 1 aliphatic rings. The number of hydrogen-bond donors (Lipinski definition) is 0. The quantitative estimate of drug-likeness (QED) is 0.693. The van der Waals surface area contributed by atoms with Crippen molar-refractivity contribution in [3.63, 3.8) is 0 Å². The number of pyridine rings is 1. The second-order valence-corrected chi connectivity index (χ2v) is 6.60. The summed E-state index contributed by atoms with van der Waals surface area (Å²) in [7, 11) is 0. The summed E-state index contributed by atoms with van der Waals surface area (Å²) >= 11 is 0. The molecule has 0 bridgehead atoms. The zero-order valence-electron chi connectivity index (χ0n) is 14.7. The highest BCUT2D eigenvalue weighted by molar-refractivity contribution is 5.76. The van der Waals surface area contributed by atoms with Crippen LogP contribution >= 0.6 is 0 Å². The Balaban J connectivity index is 1.35. The van der Waals surface area contributed by atoms with Crippen LogP contribution in [0.1, 0.15) is 30.2 Å². The molecule has 3 heterocycles. The van der Waals surface area contributed by atoms with Crippen LogP contribution in [0.4, 0.5) is 4.39 Å². The van der Waals surface area contributed by atoms with Gasteiger partial charge in [0.1, 0.15) is 5.82 Å². The third-order valence-electron chi connectivity index (χ3n) is 4.81. The molecule has 1 fully saturated rings. The van der Waals surface area contributed by atoms with Crippen LogP contribution in [0.2, 0.25) is 0 Å². The van der Waals surface area contributed by atoms with Crippen molar-refractivity contribution in [2.24, 2.45) is 0 Å². The molecule has 4 rings (SSSR count). The summed E-state index contributed by atoms with van der Waals surface area (Å²) < 4.78 is 19.5. The van der Waals surface area contributed by atoms with E-state index >= 15 is 0 Å². The van der Waals surface area contributed by atoms with Crippen molar-refractivity contribution in [3.8, 4) is 11.5 Å². The summed E-state index contributed by atoms with van der Waals surface area (Å²) in [4.78, 5) is 18.3. The normalized spacial score (nSPS) is 16.6. The van der Waals surface area contributed by atoms with E-state index in [4.69, 9.17) is 4.42 Å². The highest BCUT2D eigenvalue weighted by Gasteiger charge is 2.30. The van der Waals surface area contributed by atoms with E-state index in [9.17, 15) is 9.18 Å². The van der Waals surface area contributed by atoms with E-state index in [2.05, 4.69) is 15.2 Å². The molecule has 1 unspecified atom stereocenters. The zero-order chi connectivity index (χ0) is 18.6. The fourth-order valence-corrected chi connectivity index (χ4v) is 3.29. The Morgan fingerprint density at radius 2 is 2.11 bits per heavy atom. The van der Waals surface area contributed by atoms with Crippen LogP contribution in [0, 0.1) is 5.82 Å². The van der Waals surface area contributed by atoms with Crippen molar-refractivity contribution in [1.29, 1.82) is 0 Å². The van der Waals surface area contributed by atoms with Crippen LogP contribution in [-0.4, -0.2) is 39.1 Å². The number of benzene rings is 1. The van der Waals surface area contributed by atoms with Crippen LogP contribution < -0.4 is 0 Å². The Bertz CT molecular complexity index is 928. The number of aromatic nitrogens is 3. The average Bonchev–Trinajstić information content (AvgIpc) is 3.37. The van der Waals surface area contributed by atoms with Crippen LogP contribution in [0.15, 0.2) is 53.2 Å². The number of hydrogen-bond acceptors (Lipinski definition) is 5. The highest BCUT2D eigenvalue weighted by atomic mass is 19.1. The third kappa shape index (κ3) is 3.86. The lowest BCUT2D eigenvalue weighted by Gasteiger charge is -2.15. The second-order valence-electron chi connectivity index (χ2n) is 6.60. The molecule has 7 heteroatoms. The number of likely N-dealkylation sites (tertiary alicyclic amines) is 1. The van der Waals surface area contributed by atoms with E-state index in [-0.39, 0.29) is 17.6 Å². The Labute approximate surface area is 156 Å². The van der Waals surface area contributed by atoms with E-state index in [1.54, 1.807) is 35.5 Å². The predicted octanol–water partition coefficient (Wildman–Crippen LogP) is 3.22. The van der Waals surface area contributed by atoms with Gasteiger partial charge in [-0.15, -0.1) is 10.2 Å². The maximum atomic E-state index is 13.7. The van der Waals surface area contributed by atoms with Gasteiger partial charge in [0.05, 0.1) is 11.5 Å². The minimum absolute atomic E-state index is 0.0211. The molecule has 1 aliphatic heterocycles. The molecular weight excluding hydrogens is 347 g/mol. The highest BCUT2D eigenvalue weighted by Crippen LogP contribution is 2.29. The van der Waals surface area contributed by atoms with E-state index in [0.29, 0.717) is 43.3 Å². The van der Waals surface area contributed by atoms with Crippen molar-refractivity contribution in [1.82, 2.24) is 20.1 Å². The van der Waals surface area contributed by atoms with Crippen molar-refractivity contribution < 1.29 is 13.6 Å². The first kappa shape index (κ1) is 17.3. The van der Waals surface area contributed by atoms with Gasteiger partial charge in [0.25, 0.3) is 0 Å². The smallest absolute Gasteiger partial charge is 0.249 e. The van der Waals surface area contributed by atoms with Gasteiger partial charge in [0.15, 0.2) is 0 Å². The summed E-state index contributed by atoms with van der Waals surface area (Å²) in [5, 5.41) is 8.23. The van der Waals surface area contributed by atoms with Gasteiger partial charge in [0.2, 0.25) is 17.7 Å². The largest absolute Gasteiger partial charge is 0.420 e. The topological polar surface area (TPSA) is 72.1 Å². The summed E-state index contributed by atoms with van der Waals surface area (Å²) in [6.45, 7) is 1.19. The average molecular weight is 366 g/mol. The number of aryl methyl sites for hydroxylation is 1. The molecule has 3 aromatic rings. The molecule has 138 valence electrons. The first-order valence-corrected chi connectivity index (χ1v) is 8.95. The van der Waals surface area contributed by atoms with Crippen LogP contribution in [0.5, 0.6) is 0 Å². The van der Waals surface area contributed by atoms with E-state index in [1.807, 2.05) is 12.1 Å². The number of carbonyl (C=O) groups is 1. The lowest BCUT2D eigenvalue weighted by atomic mass is 10.1. The zero-order valence-corrected chi connectivity index (χ0v) is 14.7. The van der Waals surface area contributed by atoms with E-state index in [0.717, 1.165) is 12.0 Å². The first-order chi connectivity index (χ1) is 13.2. The molecule has 1 amide bonds. The number of rotatable bonds is 5. The van der Waals surface area contributed by atoms with Gasteiger partial charge in [-0.25, -0.2) is 4.39 Å². The minimum atomic E-state index is -0.265. The molecule has 0 saturated carbocycles. The van der Waals surface area contributed by atoms with Crippen molar-refractivity contribution >= 4 is 5.91 Å². The van der Waals surface area contributed by atoms with Gasteiger partial charge in [-0.05, 0) is 36.6 Å². The second kappa shape index (κ2) is 7.65. The van der Waals surface area contributed by atoms with Gasteiger partial charge >= 0.3 is 0 Å². The van der Waals surface area contributed by atoms with Gasteiger partial charge in [-0.3, -0.25) is 9.78 Å². The van der Waals surface area contributed by atoms with E-state index < -0.39 is 0 Å². The summed E-state index contributed by atoms with van der Waals surface area (Å²) in [5.41, 5.74) is 1.34. The fourth-order valence-electron chi connectivity index (χ4n) is 3.29. The molecule has 1 atom stereocenters. The SMILES string of the molecule is O=C(CCc1ccccc1F)N1CCC(c2nnc(-c3cccnc3)o2)C1. The predicted molar refractivity (Wildman–Crippen MR) is 96.2 cm³/mol. The number of amides is 1. The third-order valence-corrected chi connectivity index (χ3v) is 4.81. The maximum absolute atomic E-state index is 13.7. The summed E-state index contributed by atoms with van der Waals surface area (Å²) in [6, 6.07) is 10.2. The van der Waals surface area contributed by atoms with Gasteiger partial charge in [-0.2, -0.15) is 0 Å². The van der Waals surface area contributed by atoms with Crippen molar-refractivity contribution in [2.45, 2.75) is 25.2 Å². The molecule has 0 N–H and O–H groups in total. The molecule has 0 radical (unpaired) electrons. The monoisotopic (exact) mass is 366 g/mol. The van der Waals surface area contributed by atoms with Crippen molar-refractivity contribution in [2.75, 3.05) is 13.1 Å². The maximum Gasteiger partial charge on any atom is 0.249 e. The minimum Gasteiger partial charge on any atom is -0.420 e. The molecule has 27 heavy (non-hydrogen) atoms. The van der Waals surface area contributed by atoms with E-state index in [1.165, 1.54) is 6.07 Å². The molecule has 6 nitrogen and oxygen atoms in total. The lowest BCUT2D eigenvalue weighted by Crippen LogP contribution is -2.28. The Morgan fingerprint density at radius 3 is 2.93 bits per heavy atom. The fraction of sp³-hybridized carbons (Fsp3) is 0.300. The van der Waals surface area contributed by atoms with Gasteiger partial charge in [-0.1, -0.05) is 18.2 Å². The number of halogens is 1. The van der Waals surface area contributed by atoms with Crippen LogP contribution in [-0.2, 0) is 11.2 Å². The first-order valence-electron chi connectivity index (χ1n) is 8.95. The molecule has 1 saturated heterocycles. The molecule has 2 aromatic heterocycles. The molecular formula is C20H19FN4O2. The number of nitrogens with zero attached hydrogens (tertiary/aromatic N) is 4. The molecule has 0 spiro atoms. The van der Waals surface area contributed by atoms with Gasteiger partial charge < -0.3 is 9.32 Å². The standard InChI is InChI=1S/C20H19FN4O2/c21-17-6-2-1-4-14(17)7-8-18(26)25-11-9-16(13-25)20-24-23-19(27-20)15-5-3-10-22-12-15/h1-6,10,12,16H,7-9,11,13H2. The summed E-state index contributed by atoms with van der Waals surface area (Å²) in [6.07, 6.45) is 4.82. The molecule has 1 aromatic carbocycles. The Kier molecular flexibility index (Phi) is 4.91. The summed E-state index contributed by atoms with van der Waals surface area (Å²) in [5.74, 6) is 0.757. The number of carbonyl (C=O) groups excluding carboxylic acids is 1. The lowest BCUT2D eigenvalue weighted by molar-refractivity contribution is -0.130. The van der Waals surface area contributed by atoms with Crippen molar-refractivity contribution in [3.05, 3.63) is 66.1 Å². The molecule has 0 aliphatic carbocycles. The Morgan fingerprint density at radius 1 is 1.22 bits per heavy atom. The Hall–Kier alpha value is -3.09. The van der Waals surface area contributed by atoms with Gasteiger partial charge in [0, 0.05) is 31.9 Å². The van der Waals surface area contributed by atoms with Crippen LogP contribution in [0.25, 0.3) is 11.5 Å².